The number of fused-ring (bicyclic) bond motifs is 1. The lowest BCUT2D eigenvalue weighted by Gasteiger charge is -2.29. The first-order chi connectivity index (χ1) is 10.8. The molecule has 3 rings (SSSR count). The number of rotatable bonds is 1. The Morgan fingerprint density at radius 1 is 1.09 bits per heavy atom. The summed E-state index contributed by atoms with van der Waals surface area (Å²) in [5, 5.41) is 2.59. The molecule has 1 saturated heterocycles. The highest BCUT2D eigenvalue weighted by molar-refractivity contribution is 6.22. The third kappa shape index (κ3) is 3.50. The maximum atomic E-state index is 12.2. The number of carbonyl (C=O) groups is 3. The van der Waals surface area contributed by atoms with Crippen molar-refractivity contribution < 1.29 is 14.4 Å². The van der Waals surface area contributed by atoms with Gasteiger partial charge in [0.25, 0.3) is 11.8 Å². The van der Waals surface area contributed by atoms with Gasteiger partial charge in [-0.15, -0.1) is 0 Å². The fourth-order valence-corrected chi connectivity index (χ4v) is 2.50. The standard InChI is InChI=1S/C14H12N2O3.C4H10/c1-8-6-7-11(12(17)15-8)16-13(18)9-4-2-3-5-10(9)14(16)19;1-4(2)3/h2-5,11H,1,6-7H2,(H,15,17);4H,1-3H3. The van der Waals surface area contributed by atoms with Gasteiger partial charge in [-0.05, 0) is 30.9 Å². The van der Waals surface area contributed by atoms with Crippen LogP contribution >= 0.6 is 0 Å². The van der Waals surface area contributed by atoms with Crippen LogP contribution in [0.15, 0.2) is 36.5 Å². The van der Waals surface area contributed by atoms with Gasteiger partial charge in [-0.25, -0.2) is 0 Å². The number of carbonyl (C=O) groups excluding carboxylic acids is 3. The highest BCUT2D eigenvalue weighted by atomic mass is 16.2. The van der Waals surface area contributed by atoms with Crippen LogP contribution < -0.4 is 5.32 Å². The molecule has 2 aliphatic rings. The van der Waals surface area contributed by atoms with Gasteiger partial charge < -0.3 is 5.32 Å². The molecule has 0 saturated carbocycles. The second kappa shape index (κ2) is 6.77. The number of piperidine rings is 1. The molecular weight excluding hydrogens is 292 g/mol. The Morgan fingerprint density at radius 2 is 1.57 bits per heavy atom. The molecule has 5 heteroatoms. The van der Waals surface area contributed by atoms with E-state index in [0.29, 0.717) is 29.7 Å². The fourth-order valence-electron chi connectivity index (χ4n) is 2.50. The number of nitrogens with one attached hydrogen (secondary N) is 1. The fraction of sp³-hybridized carbons (Fsp3) is 0.389. The van der Waals surface area contributed by atoms with Crippen molar-refractivity contribution in [3.05, 3.63) is 47.7 Å². The zero-order valence-corrected chi connectivity index (χ0v) is 13.8. The molecule has 122 valence electrons. The predicted octanol–water partition coefficient (Wildman–Crippen LogP) is 2.74. The normalized spacial score (nSPS) is 20.2. The van der Waals surface area contributed by atoms with E-state index >= 15 is 0 Å². The third-order valence-corrected chi connectivity index (χ3v) is 3.46. The number of amides is 3. The van der Waals surface area contributed by atoms with E-state index in [1.807, 2.05) is 0 Å². The van der Waals surface area contributed by atoms with Crippen molar-refractivity contribution >= 4 is 17.7 Å². The Morgan fingerprint density at radius 3 is 2.00 bits per heavy atom. The lowest BCUT2D eigenvalue weighted by atomic mass is 10.0. The minimum Gasteiger partial charge on any atom is -0.329 e. The monoisotopic (exact) mass is 314 g/mol. The predicted molar refractivity (Wildman–Crippen MR) is 87.8 cm³/mol. The summed E-state index contributed by atoms with van der Waals surface area (Å²) in [4.78, 5) is 37.5. The van der Waals surface area contributed by atoms with E-state index < -0.39 is 17.9 Å². The lowest BCUT2D eigenvalue weighted by Crippen LogP contribution is -2.51. The molecule has 3 amide bonds. The van der Waals surface area contributed by atoms with Crippen molar-refractivity contribution in [2.75, 3.05) is 0 Å². The number of allylic oxidation sites excluding steroid dienone is 1. The van der Waals surface area contributed by atoms with Crippen LogP contribution in [0.2, 0.25) is 0 Å². The first kappa shape index (κ1) is 16.9. The summed E-state index contributed by atoms with van der Waals surface area (Å²) in [5.74, 6) is -0.299. The molecule has 0 aromatic heterocycles. The Balaban J connectivity index is 0.000000433. The van der Waals surface area contributed by atoms with Crippen LogP contribution in [0.3, 0.4) is 0 Å². The van der Waals surface area contributed by atoms with Gasteiger partial charge in [0.05, 0.1) is 11.1 Å². The van der Waals surface area contributed by atoms with Crippen molar-refractivity contribution in [1.82, 2.24) is 10.2 Å². The second-order valence-electron chi connectivity index (χ2n) is 6.41. The molecule has 2 heterocycles. The van der Waals surface area contributed by atoms with Crippen molar-refractivity contribution in [3.8, 4) is 0 Å². The number of benzene rings is 1. The molecule has 1 unspecified atom stereocenters. The molecule has 1 atom stereocenters. The summed E-state index contributed by atoms with van der Waals surface area (Å²) in [6.07, 6.45) is 1.000. The summed E-state index contributed by atoms with van der Waals surface area (Å²) in [5.41, 5.74) is 1.35. The molecule has 0 spiro atoms. The minimum atomic E-state index is -0.738. The molecule has 0 bridgehead atoms. The second-order valence-corrected chi connectivity index (χ2v) is 6.41. The number of imide groups is 1. The molecule has 2 aliphatic heterocycles. The topological polar surface area (TPSA) is 66.5 Å². The third-order valence-electron chi connectivity index (χ3n) is 3.46. The van der Waals surface area contributed by atoms with Crippen molar-refractivity contribution in [1.29, 1.82) is 0 Å². The van der Waals surface area contributed by atoms with Gasteiger partial charge in [0.2, 0.25) is 5.91 Å². The molecule has 0 aliphatic carbocycles. The van der Waals surface area contributed by atoms with Crippen LogP contribution in [0, 0.1) is 5.92 Å². The van der Waals surface area contributed by atoms with Gasteiger partial charge >= 0.3 is 0 Å². The van der Waals surface area contributed by atoms with E-state index in [-0.39, 0.29) is 5.91 Å². The highest BCUT2D eigenvalue weighted by Crippen LogP contribution is 2.27. The Bertz CT molecular complexity index is 626. The molecule has 1 aromatic carbocycles. The van der Waals surface area contributed by atoms with Crippen LogP contribution in [0.25, 0.3) is 0 Å². The zero-order valence-electron chi connectivity index (χ0n) is 13.8. The van der Waals surface area contributed by atoms with Crippen LogP contribution in [0.4, 0.5) is 0 Å². The van der Waals surface area contributed by atoms with Crippen molar-refractivity contribution in [3.63, 3.8) is 0 Å². The van der Waals surface area contributed by atoms with Crippen LogP contribution in [-0.4, -0.2) is 28.7 Å². The van der Waals surface area contributed by atoms with E-state index in [4.69, 9.17) is 0 Å². The average Bonchev–Trinajstić information content (AvgIpc) is 2.72. The SMILES string of the molecule is C=C1CCC(N2C(=O)c3ccccc3C2=O)C(=O)N1.CC(C)C. The van der Waals surface area contributed by atoms with Gasteiger partial charge in [0.1, 0.15) is 6.04 Å². The average molecular weight is 314 g/mol. The molecule has 1 aromatic rings. The summed E-state index contributed by atoms with van der Waals surface area (Å²) < 4.78 is 0. The summed E-state index contributed by atoms with van der Waals surface area (Å²) in [7, 11) is 0. The first-order valence-corrected chi connectivity index (χ1v) is 7.78. The maximum Gasteiger partial charge on any atom is 0.262 e. The van der Waals surface area contributed by atoms with Gasteiger partial charge in [-0.2, -0.15) is 0 Å². The maximum absolute atomic E-state index is 12.2. The van der Waals surface area contributed by atoms with Crippen molar-refractivity contribution in [2.45, 2.75) is 39.7 Å². The molecule has 1 N–H and O–H groups in total. The lowest BCUT2D eigenvalue weighted by molar-refractivity contribution is -0.125. The molecular formula is C18H22N2O3. The van der Waals surface area contributed by atoms with E-state index in [1.54, 1.807) is 24.3 Å². The zero-order chi connectivity index (χ0) is 17.1. The summed E-state index contributed by atoms with van der Waals surface area (Å²) in [6.45, 7) is 10.2. The smallest absolute Gasteiger partial charge is 0.262 e. The molecule has 0 radical (unpaired) electrons. The Hall–Kier alpha value is -2.43. The van der Waals surface area contributed by atoms with Gasteiger partial charge in [-0.3, -0.25) is 19.3 Å². The van der Waals surface area contributed by atoms with E-state index in [1.165, 1.54) is 0 Å². The van der Waals surface area contributed by atoms with Crippen LogP contribution in [-0.2, 0) is 4.79 Å². The summed E-state index contributed by atoms with van der Waals surface area (Å²) in [6, 6.07) is 5.88. The highest BCUT2D eigenvalue weighted by Gasteiger charge is 2.43. The number of hydrogen-bond donors (Lipinski definition) is 1. The Labute approximate surface area is 136 Å². The summed E-state index contributed by atoms with van der Waals surface area (Å²) >= 11 is 0. The van der Waals surface area contributed by atoms with E-state index in [9.17, 15) is 14.4 Å². The molecule has 1 fully saturated rings. The van der Waals surface area contributed by atoms with Gasteiger partial charge in [0.15, 0.2) is 0 Å². The van der Waals surface area contributed by atoms with Crippen LogP contribution in [0.1, 0.15) is 54.3 Å². The van der Waals surface area contributed by atoms with Crippen LogP contribution in [0.5, 0.6) is 0 Å². The number of nitrogens with zero attached hydrogens (tertiary/aromatic N) is 1. The van der Waals surface area contributed by atoms with E-state index in [2.05, 4.69) is 32.7 Å². The Kier molecular flexibility index (Phi) is 4.98. The number of hydrogen-bond acceptors (Lipinski definition) is 3. The van der Waals surface area contributed by atoms with Crippen molar-refractivity contribution in [2.24, 2.45) is 5.92 Å². The van der Waals surface area contributed by atoms with E-state index in [0.717, 1.165) is 10.8 Å². The van der Waals surface area contributed by atoms with Gasteiger partial charge in [-0.1, -0.05) is 39.5 Å². The quantitative estimate of drug-likeness (QED) is 0.811. The molecule has 5 nitrogen and oxygen atoms in total. The first-order valence-electron chi connectivity index (χ1n) is 7.78. The largest absolute Gasteiger partial charge is 0.329 e. The van der Waals surface area contributed by atoms with Gasteiger partial charge in [0, 0.05) is 5.70 Å². The molecule has 23 heavy (non-hydrogen) atoms. The minimum absolute atomic E-state index is 0.342.